The fourth-order valence-electron chi connectivity index (χ4n) is 5.44. The highest BCUT2D eigenvalue weighted by Crippen LogP contribution is 2.46. The van der Waals surface area contributed by atoms with Gasteiger partial charge >= 0.3 is 0 Å². The molecule has 1 amide bonds. The average molecular weight is 600 g/mol. The van der Waals surface area contributed by atoms with Gasteiger partial charge in [-0.3, -0.25) is 14.6 Å². The first-order chi connectivity index (χ1) is 20.0. The molecule has 3 aromatic rings. The molecular weight excluding hydrogens is 563 g/mol. The van der Waals surface area contributed by atoms with E-state index in [0.717, 1.165) is 56.0 Å². The maximum absolute atomic E-state index is 14.0. The quantitative estimate of drug-likeness (QED) is 0.233. The highest BCUT2D eigenvalue weighted by atomic mass is 35.5. The van der Waals surface area contributed by atoms with Gasteiger partial charge in [0.1, 0.15) is 5.75 Å². The van der Waals surface area contributed by atoms with Gasteiger partial charge in [-0.2, -0.15) is 0 Å². The summed E-state index contributed by atoms with van der Waals surface area (Å²) in [5, 5.41) is 1.15. The number of rotatable bonds is 11. The minimum absolute atomic E-state index is 0.0653. The van der Waals surface area contributed by atoms with Crippen LogP contribution in [-0.2, 0) is 16.0 Å². The van der Waals surface area contributed by atoms with Crippen LogP contribution in [0, 0.1) is 0 Å². The van der Waals surface area contributed by atoms with Gasteiger partial charge in [-0.25, -0.2) is 0 Å². The summed E-state index contributed by atoms with van der Waals surface area (Å²) < 4.78 is 23.6. The number of carbonyl (C=O) groups excluding carboxylic acids is 1. The fourth-order valence-corrected chi connectivity index (χ4v) is 5.73. The van der Waals surface area contributed by atoms with Crippen molar-refractivity contribution in [3.05, 3.63) is 81.3 Å². The Morgan fingerprint density at radius 2 is 1.54 bits per heavy atom. The first kappa shape index (κ1) is 29.5. The maximum atomic E-state index is 14.0. The number of benzene rings is 3. The molecule has 0 N–H and O–H groups in total. The Hall–Kier alpha value is -2.97. The molecule has 1 saturated heterocycles. The Balaban J connectivity index is 1.52. The lowest BCUT2D eigenvalue weighted by Gasteiger charge is -2.39. The number of fused-ring (bicyclic) bond motifs is 1. The number of hydrogen-bond donors (Lipinski definition) is 0. The number of anilines is 1. The van der Waals surface area contributed by atoms with Crippen LogP contribution in [0.4, 0.5) is 5.69 Å². The minimum atomic E-state index is -0.451. The summed E-state index contributed by atoms with van der Waals surface area (Å²) in [6.45, 7) is 9.71. The van der Waals surface area contributed by atoms with E-state index in [1.165, 1.54) is 0 Å². The normalized spacial score (nSPS) is 17.3. The topological polar surface area (TPSA) is 60.5 Å². The average Bonchev–Trinajstić information content (AvgIpc) is 2.97. The predicted octanol–water partition coefficient (Wildman–Crippen LogP) is 6.57. The molecule has 0 aromatic heterocycles. The summed E-state index contributed by atoms with van der Waals surface area (Å²) in [5.41, 5.74) is 3.39. The molecule has 41 heavy (non-hydrogen) atoms. The Morgan fingerprint density at radius 3 is 2.24 bits per heavy atom. The fraction of sp³-hybridized carbons (Fsp3) is 0.406. The number of halogens is 2. The molecule has 1 fully saturated rings. The molecule has 9 heteroatoms. The highest BCUT2D eigenvalue weighted by molar-refractivity contribution is 6.31. The second-order valence-electron chi connectivity index (χ2n) is 10.0. The van der Waals surface area contributed by atoms with Crippen LogP contribution in [0.15, 0.2) is 54.6 Å². The predicted molar refractivity (Wildman–Crippen MR) is 162 cm³/mol. The monoisotopic (exact) mass is 598 g/mol. The summed E-state index contributed by atoms with van der Waals surface area (Å²) in [4.78, 5) is 18.2. The number of carbonyl (C=O) groups is 1. The summed E-state index contributed by atoms with van der Waals surface area (Å²) in [6, 6.07) is 16.5. The molecule has 0 aliphatic carbocycles. The van der Waals surface area contributed by atoms with Crippen LogP contribution in [0.25, 0.3) is 0 Å². The lowest BCUT2D eigenvalue weighted by atomic mass is 9.86. The largest absolute Gasteiger partial charge is 0.491 e. The van der Waals surface area contributed by atoms with Crippen molar-refractivity contribution in [2.24, 2.45) is 0 Å². The van der Waals surface area contributed by atoms with Crippen molar-refractivity contribution in [2.45, 2.75) is 32.7 Å². The van der Waals surface area contributed by atoms with Gasteiger partial charge in [-0.1, -0.05) is 35.3 Å². The molecule has 5 rings (SSSR count). The van der Waals surface area contributed by atoms with E-state index in [1.807, 2.05) is 62.4 Å². The van der Waals surface area contributed by atoms with Gasteiger partial charge < -0.3 is 18.9 Å². The Bertz CT molecular complexity index is 1340. The van der Waals surface area contributed by atoms with Gasteiger partial charge in [-0.05, 0) is 79.4 Å². The van der Waals surface area contributed by atoms with E-state index in [2.05, 4.69) is 4.90 Å². The lowest BCUT2D eigenvalue weighted by Crippen LogP contribution is -2.41. The van der Waals surface area contributed by atoms with E-state index in [1.54, 1.807) is 11.0 Å². The van der Waals surface area contributed by atoms with Crippen molar-refractivity contribution in [2.75, 3.05) is 57.6 Å². The van der Waals surface area contributed by atoms with E-state index in [9.17, 15) is 4.79 Å². The second-order valence-corrected chi connectivity index (χ2v) is 10.9. The van der Waals surface area contributed by atoms with E-state index in [-0.39, 0.29) is 12.3 Å². The summed E-state index contributed by atoms with van der Waals surface area (Å²) in [6.07, 6.45) is 1.06. The van der Waals surface area contributed by atoms with Crippen LogP contribution in [0.5, 0.6) is 17.2 Å². The van der Waals surface area contributed by atoms with Crippen molar-refractivity contribution in [1.82, 2.24) is 4.90 Å². The summed E-state index contributed by atoms with van der Waals surface area (Å²) >= 11 is 12.8. The maximum Gasteiger partial charge on any atom is 0.232 e. The third-order valence-electron chi connectivity index (χ3n) is 7.31. The molecule has 0 saturated carbocycles. The van der Waals surface area contributed by atoms with Crippen LogP contribution >= 0.6 is 23.2 Å². The number of ether oxygens (including phenoxy) is 4. The third kappa shape index (κ3) is 6.92. The zero-order valence-electron chi connectivity index (χ0n) is 23.5. The Morgan fingerprint density at radius 1 is 0.854 bits per heavy atom. The number of morpholine rings is 1. The Labute approximate surface area is 251 Å². The molecule has 2 heterocycles. The molecule has 1 unspecified atom stereocenters. The first-order valence-electron chi connectivity index (χ1n) is 14.2. The summed E-state index contributed by atoms with van der Waals surface area (Å²) in [7, 11) is 0. The Kier molecular flexibility index (Phi) is 9.93. The highest BCUT2D eigenvalue weighted by Gasteiger charge is 2.37. The van der Waals surface area contributed by atoms with Gasteiger partial charge in [-0.15, -0.1) is 0 Å². The van der Waals surface area contributed by atoms with Gasteiger partial charge in [0.25, 0.3) is 0 Å². The molecule has 3 aromatic carbocycles. The van der Waals surface area contributed by atoms with Crippen molar-refractivity contribution >= 4 is 34.8 Å². The standard InChI is InChI=1S/C32H36Cl2N2O5/c1-3-39-29-18-23-19-31(37)36(32(22-6-8-24(33)9-7-22)26(23)21-30(29)40-4-2)27-20-25(34)10-11-28(27)41-15-5-12-35-13-16-38-17-14-35/h6-11,18,20-21,32H,3-5,12-17,19H2,1-2H3. The number of nitrogens with zero attached hydrogens (tertiary/aromatic N) is 2. The van der Waals surface area contributed by atoms with Crippen molar-refractivity contribution in [1.29, 1.82) is 0 Å². The molecule has 0 bridgehead atoms. The van der Waals surface area contributed by atoms with Gasteiger partial charge in [0.2, 0.25) is 5.91 Å². The van der Waals surface area contributed by atoms with Crippen LogP contribution < -0.4 is 19.1 Å². The lowest BCUT2D eigenvalue weighted by molar-refractivity contribution is -0.118. The molecule has 7 nitrogen and oxygen atoms in total. The minimum Gasteiger partial charge on any atom is -0.491 e. The molecule has 1 atom stereocenters. The molecule has 2 aliphatic rings. The van der Waals surface area contributed by atoms with E-state index in [0.29, 0.717) is 52.8 Å². The van der Waals surface area contributed by atoms with Crippen LogP contribution in [-0.4, -0.2) is 63.5 Å². The van der Waals surface area contributed by atoms with Crippen molar-refractivity contribution in [3.63, 3.8) is 0 Å². The third-order valence-corrected chi connectivity index (χ3v) is 7.80. The van der Waals surface area contributed by atoms with Gasteiger partial charge in [0, 0.05) is 29.7 Å². The molecule has 2 aliphatic heterocycles. The van der Waals surface area contributed by atoms with E-state index in [4.69, 9.17) is 42.1 Å². The molecular formula is C32H36Cl2N2O5. The number of amides is 1. The number of hydrogen-bond acceptors (Lipinski definition) is 6. The molecule has 0 spiro atoms. The zero-order valence-corrected chi connectivity index (χ0v) is 25.0. The summed E-state index contributed by atoms with van der Waals surface area (Å²) in [5.74, 6) is 1.83. The van der Waals surface area contributed by atoms with E-state index < -0.39 is 6.04 Å². The van der Waals surface area contributed by atoms with Crippen molar-refractivity contribution < 1.29 is 23.7 Å². The first-order valence-corrected chi connectivity index (χ1v) is 15.0. The van der Waals surface area contributed by atoms with Crippen LogP contribution in [0.3, 0.4) is 0 Å². The zero-order chi connectivity index (χ0) is 28.8. The second kappa shape index (κ2) is 13.8. The van der Waals surface area contributed by atoms with Crippen LogP contribution in [0.2, 0.25) is 10.0 Å². The van der Waals surface area contributed by atoms with Crippen LogP contribution in [0.1, 0.15) is 43.0 Å². The van der Waals surface area contributed by atoms with E-state index >= 15 is 0 Å². The molecule has 218 valence electrons. The molecule has 0 radical (unpaired) electrons. The van der Waals surface area contributed by atoms with Gasteiger partial charge in [0.05, 0.1) is 51.2 Å². The smallest absolute Gasteiger partial charge is 0.232 e. The van der Waals surface area contributed by atoms with Crippen molar-refractivity contribution in [3.8, 4) is 17.2 Å². The SMILES string of the molecule is CCOc1cc2c(cc1OCC)C(c1ccc(Cl)cc1)N(c1cc(Cl)ccc1OCCCN1CCOCC1)C(=O)C2. The van der Waals surface area contributed by atoms with Gasteiger partial charge in [0.15, 0.2) is 11.5 Å².